The largest absolute Gasteiger partial charge is 0.444 e. The smallest absolute Gasteiger partial charge is 0.228 e. The number of fused-ring (bicyclic) bond motifs is 2. The summed E-state index contributed by atoms with van der Waals surface area (Å²) in [5.41, 5.74) is 6.04. The molecule has 108 valence electrons. The Balaban J connectivity index is 2.00. The Kier molecular flexibility index (Phi) is 3.05. The number of aryl methyl sites for hydroxylation is 1. The number of benzene rings is 2. The minimum atomic E-state index is 0.322. The summed E-state index contributed by atoms with van der Waals surface area (Å²) in [6.45, 7) is 2.04. The van der Waals surface area contributed by atoms with Gasteiger partial charge < -0.3 is 4.42 Å². The van der Waals surface area contributed by atoms with Gasteiger partial charge in [0, 0.05) is 0 Å². The maximum atomic E-state index is 5.79. The molecule has 0 aliphatic carbocycles. The van der Waals surface area contributed by atoms with Crippen molar-refractivity contribution in [2.45, 2.75) is 12.8 Å². The predicted octanol–water partition coefficient (Wildman–Crippen LogP) is 4.49. The van der Waals surface area contributed by atoms with E-state index in [0.717, 1.165) is 33.2 Å². The monoisotopic (exact) mass is 309 g/mol. The van der Waals surface area contributed by atoms with Crippen molar-refractivity contribution < 1.29 is 4.42 Å². The normalized spacial score (nSPS) is 11.4. The molecule has 4 aromatic rings. The van der Waals surface area contributed by atoms with Crippen LogP contribution in [0.4, 0.5) is 0 Å². The first kappa shape index (κ1) is 13.2. The van der Waals surface area contributed by atoms with Gasteiger partial charge in [-0.3, -0.25) is 0 Å². The first-order valence-corrected chi connectivity index (χ1v) is 7.46. The molecule has 0 aliphatic rings. The summed E-state index contributed by atoms with van der Waals surface area (Å²) in [5, 5.41) is 0. The summed E-state index contributed by atoms with van der Waals surface area (Å²) in [6, 6.07) is 11.8. The lowest BCUT2D eigenvalue weighted by molar-refractivity contribution is 0.574. The van der Waals surface area contributed by atoms with E-state index in [4.69, 9.17) is 26.0 Å². The molecular weight excluding hydrogens is 298 g/mol. The fourth-order valence-electron chi connectivity index (χ4n) is 2.47. The van der Waals surface area contributed by atoms with Crippen LogP contribution in [0, 0.1) is 6.92 Å². The SMILES string of the molecule is Cc1ccc2nc3c(-c4nc(CCl)co4)cccc3nc2c1. The van der Waals surface area contributed by atoms with Crippen LogP contribution in [-0.2, 0) is 5.88 Å². The number of para-hydroxylation sites is 1. The van der Waals surface area contributed by atoms with Crippen molar-refractivity contribution in [3.63, 3.8) is 0 Å². The van der Waals surface area contributed by atoms with Crippen LogP contribution in [0.25, 0.3) is 33.5 Å². The first-order chi connectivity index (χ1) is 10.7. The highest BCUT2D eigenvalue weighted by atomic mass is 35.5. The number of hydrogen-bond donors (Lipinski definition) is 0. The van der Waals surface area contributed by atoms with Crippen molar-refractivity contribution in [2.24, 2.45) is 0 Å². The van der Waals surface area contributed by atoms with Crippen LogP contribution in [-0.4, -0.2) is 15.0 Å². The molecule has 0 bridgehead atoms. The lowest BCUT2D eigenvalue weighted by Gasteiger charge is -2.05. The van der Waals surface area contributed by atoms with Gasteiger partial charge in [-0.25, -0.2) is 15.0 Å². The minimum Gasteiger partial charge on any atom is -0.444 e. The van der Waals surface area contributed by atoms with Crippen LogP contribution in [0.5, 0.6) is 0 Å². The fourth-order valence-corrected chi connectivity index (χ4v) is 2.59. The Morgan fingerprint density at radius 1 is 1.00 bits per heavy atom. The molecule has 0 saturated heterocycles. The average Bonchev–Trinajstić information content (AvgIpc) is 3.01. The summed E-state index contributed by atoms with van der Waals surface area (Å²) >= 11 is 5.79. The van der Waals surface area contributed by atoms with Crippen LogP contribution in [0.15, 0.2) is 47.1 Å². The second kappa shape index (κ2) is 5.07. The van der Waals surface area contributed by atoms with E-state index < -0.39 is 0 Å². The van der Waals surface area contributed by atoms with Crippen LogP contribution in [0.1, 0.15) is 11.3 Å². The molecule has 0 radical (unpaired) electrons. The fraction of sp³-hybridized carbons (Fsp3) is 0.118. The zero-order valence-electron chi connectivity index (χ0n) is 11.9. The average molecular weight is 310 g/mol. The Hall–Kier alpha value is -2.46. The molecule has 2 aromatic heterocycles. The maximum absolute atomic E-state index is 5.79. The second-order valence-corrected chi connectivity index (χ2v) is 5.43. The molecule has 4 nitrogen and oxygen atoms in total. The third-order valence-corrected chi connectivity index (χ3v) is 3.81. The highest BCUT2D eigenvalue weighted by molar-refractivity contribution is 6.16. The molecule has 0 spiro atoms. The zero-order valence-corrected chi connectivity index (χ0v) is 12.6. The molecule has 0 N–H and O–H groups in total. The summed E-state index contributed by atoms with van der Waals surface area (Å²) < 4.78 is 5.52. The molecule has 4 rings (SSSR count). The number of halogens is 1. The second-order valence-electron chi connectivity index (χ2n) is 5.17. The van der Waals surface area contributed by atoms with E-state index in [2.05, 4.69) is 4.98 Å². The van der Waals surface area contributed by atoms with E-state index in [1.54, 1.807) is 6.26 Å². The van der Waals surface area contributed by atoms with Gasteiger partial charge in [0.2, 0.25) is 5.89 Å². The summed E-state index contributed by atoms with van der Waals surface area (Å²) in [6.07, 6.45) is 1.57. The lowest BCUT2D eigenvalue weighted by atomic mass is 10.1. The summed E-state index contributed by atoms with van der Waals surface area (Å²) in [5.74, 6) is 0.837. The number of hydrogen-bond acceptors (Lipinski definition) is 4. The van der Waals surface area contributed by atoms with Gasteiger partial charge in [-0.05, 0) is 36.8 Å². The van der Waals surface area contributed by atoms with E-state index in [-0.39, 0.29) is 0 Å². The van der Waals surface area contributed by atoms with Crippen LogP contribution >= 0.6 is 11.6 Å². The quantitative estimate of drug-likeness (QED) is 0.404. The van der Waals surface area contributed by atoms with Crippen LogP contribution in [0.2, 0.25) is 0 Å². The highest BCUT2D eigenvalue weighted by Crippen LogP contribution is 2.28. The van der Waals surface area contributed by atoms with E-state index >= 15 is 0 Å². The first-order valence-electron chi connectivity index (χ1n) is 6.92. The van der Waals surface area contributed by atoms with Crippen molar-refractivity contribution >= 4 is 33.7 Å². The number of alkyl halides is 1. The summed E-state index contributed by atoms with van der Waals surface area (Å²) in [7, 11) is 0. The minimum absolute atomic E-state index is 0.322. The molecule has 2 heterocycles. The number of rotatable bonds is 2. The third kappa shape index (κ3) is 2.12. The molecular formula is C17H12ClN3O. The van der Waals surface area contributed by atoms with E-state index in [1.807, 2.05) is 43.3 Å². The molecule has 0 amide bonds. The zero-order chi connectivity index (χ0) is 15.1. The van der Waals surface area contributed by atoms with Crippen molar-refractivity contribution in [2.75, 3.05) is 0 Å². The van der Waals surface area contributed by atoms with Gasteiger partial charge in [0.15, 0.2) is 0 Å². The van der Waals surface area contributed by atoms with Gasteiger partial charge in [0.05, 0.1) is 33.7 Å². The number of oxazole rings is 1. The van der Waals surface area contributed by atoms with Crippen molar-refractivity contribution in [3.8, 4) is 11.5 Å². The van der Waals surface area contributed by atoms with Gasteiger partial charge in [0.1, 0.15) is 11.8 Å². The summed E-state index contributed by atoms with van der Waals surface area (Å²) in [4.78, 5) is 13.8. The number of aromatic nitrogens is 3. The van der Waals surface area contributed by atoms with Crippen molar-refractivity contribution in [3.05, 3.63) is 53.9 Å². The highest BCUT2D eigenvalue weighted by Gasteiger charge is 2.12. The van der Waals surface area contributed by atoms with Crippen LogP contribution < -0.4 is 0 Å². The van der Waals surface area contributed by atoms with E-state index in [0.29, 0.717) is 17.5 Å². The topological polar surface area (TPSA) is 51.8 Å². The molecule has 22 heavy (non-hydrogen) atoms. The molecule has 2 aromatic carbocycles. The lowest BCUT2D eigenvalue weighted by Crippen LogP contribution is -1.91. The van der Waals surface area contributed by atoms with Gasteiger partial charge >= 0.3 is 0 Å². The molecule has 0 unspecified atom stereocenters. The van der Waals surface area contributed by atoms with Gasteiger partial charge in [-0.1, -0.05) is 12.1 Å². The third-order valence-electron chi connectivity index (χ3n) is 3.54. The molecule has 0 atom stereocenters. The maximum Gasteiger partial charge on any atom is 0.228 e. The molecule has 5 heteroatoms. The van der Waals surface area contributed by atoms with Crippen LogP contribution in [0.3, 0.4) is 0 Å². The Labute approximate surface area is 131 Å². The van der Waals surface area contributed by atoms with Crippen molar-refractivity contribution in [1.82, 2.24) is 15.0 Å². The Bertz CT molecular complexity index is 994. The van der Waals surface area contributed by atoms with E-state index in [9.17, 15) is 0 Å². The Morgan fingerprint density at radius 3 is 2.73 bits per heavy atom. The van der Waals surface area contributed by atoms with Gasteiger partial charge in [-0.2, -0.15) is 0 Å². The Morgan fingerprint density at radius 2 is 1.91 bits per heavy atom. The molecule has 0 fully saturated rings. The number of nitrogens with zero attached hydrogens (tertiary/aromatic N) is 3. The molecule has 0 aliphatic heterocycles. The standard InChI is InChI=1S/C17H12ClN3O/c1-10-5-6-13-15(7-10)20-14-4-2-3-12(16(14)21-13)17-19-11(8-18)9-22-17/h2-7,9H,8H2,1H3. The van der Waals surface area contributed by atoms with Gasteiger partial charge in [-0.15, -0.1) is 11.6 Å². The van der Waals surface area contributed by atoms with E-state index in [1.165, 1.54) is 0 Å². The van der Waals surface area contributed by atoms with Gasteiger partial charge in [0.25, 0.3) is 0 Å². The van der Waals surface area contributed by atoms with Crippen molar-refractivity contribution in [1.29, 1.82) is 0 Å². The molecule has 0 saturated carbocycles. The predicted molar refractivity (Wildman–Crippen MR) is 86.8 cm³/mol.